The zero-order valence-electron chi connectivity index (χ0n) is 8.16. The van der Waals surface area contributed by atoms with Crippen LogP contribution in [-0.4, -0.2) is 6.29 Å². The lowest BCUT2D eigenvalue weighted by Gasteiger charge is -2.03. The Labute approximate surface area is 86.3 Å². The van der Waals surface area contributed by atoms with Crippen LogP contribution in [0.15, 0.2) is 34.9 Å². The average Bonchev–Trinajstić information content (AvgIpc) is 2.69. The molecule has 15 heavy (non-hydrogen) atoms. The van der Waals surface area contributed by atoms with Crippen molar-refractivity contribution >= 4 is 6.29 Å². The molecule has 0 aliphatic rings. The molecule has 76 valence electrons. The number of benzene rings is 1. The third-order valence-corrected chi connectivity index (χ3v) is 2.29. The number of hydrogen-bond acceptors (Lipinski definition) is 2. The number of aldehydes is 1. The van der Waals surface area contributed by atoms with Crippen molar-refractivity contribution in [3.8, 4) is 11.1 Å². The highest BCUT2D eigenvalue weighted by molar-refractivity contribution is 5.85. The maximum absolute atomic E-state index is 13.1. The minimum absolute atomic E-state index is 0.226. The monoisotopic (exact) mass is 204 g/mol. The molecule has 0 fully saturated rings. The number of rotatable bonds is 2. The molecule has 1 heterocycles. The molecule has 1 aromatic heterocycles. The Balaban J connectivity index is 2.62. The zero-order valence-corrected chi connectivity index (χ0v) is 8.16. The van der Waals surface area contributed by atoms with Crippen molar-refractivity contribution in [3.05, 3.63) is 47.7 Å². The van der Waals surface area contributed by atoms with Crippen molar-refractivity contribution in [2.45, 2.75) is 6.92 Å². The standard InChI is InChI=1S/C12H9FO2/c1-8-2-3-9(13)6-11(8)10-4-5-15-12(10)7-14/h2-7H,1H3. The minimum Gasteiger partial charge on any atom is -0.461 e. The number of furan rings is 1. The third-order valence-electron chi connectivity index (χ3n) is 2.29. The van der Waals surface area contributed by atoms with E-state index in [2.05, 4.69) is 0 Å². The Morgan fingerprint density at radius 2 is 2.07 bits per heavy atom. The summed E-state index contributed by atoms with van der Waals surface area (Å²) in [6.45, 7) is 1.86. The summed E-state index contributed by atoms with van der Waals surface area (Å²) in [5.41, 5.74) is 2.22. The van der Waals surface area contributed by atoms with Crippen molar-refractivity contribution in [2.75, 3.05) is 0 Å². The van der Waals surface area contributed by atoms with Gasteiger partial charge in [-0.2, -0.15) is 0 Å². The molecular weight excluding hydrogens is 195 g/mol. The second-order valence-electron chi connectivity index (χ2n) is 3.28. The molecule has 3 heteroatoms. The maximum Gasteiger partial charge on any atom is 0.185 e. The zero-order chi connectivity index (χ0) is 10.8. The predicted molar refractivity (Wildman–Crippen MR) is 54.2 cm³/mol. The molecule has 0 N–H and O–H groups in total. The smallest absolute Gasteiger partial charge is 0.185 e. The fraction of sp³-hybridized carbons (Fsp3) is 0.0833. The number of carbonyl (C=O) groups excluding carboxylic acids is 1. The molecule has 0 aliphatic heterocycles. The summed E-state index contributed by atoms with van der Waals surface area (Å²) < 4.78 is 18.0. The molecule has 0 spiro atoms. The van der Waals surface area contributed by atoms with E-state index in [0.29, 0.717) is 17.4 Å². The first-order valence-electron chi connectivity index (χ1n) is 4.51. The highest BCUT2D eigenvalue weighted by atomic mass is 19.1. The van der Waals surface area contributed by atoms with Gasteiger partial charge in [0, 0.05) is 5.56 Å². The lowest BCUT2D eigenvalue weighted by atomic mass is 10.0. The van der Waals surface area contributed by atoms with Gasteiger partial charge < -0.3 is 4.42 Å². The van der Waals surface area contributed by atoms with Crippen LogP contribution in [0.5, 0.6) is 0 Å². The van der Waals surface area contributed by atoms with Gasteiger partial charge in [-0.15, -0.1) is 0 Å². The van der Waals surface area contributed by atoms with Crippen LogP contribution in [-0.2, 0) is 0 Å². The van der Waals surface area contributed by atoms with E-state index in [1.54, 1.807) is 12.1 Å². The van der Waals surface area contributed by atoms with Crippen molar-refractivity contribution in [3.63, 3.8) is 0 Å². The molecular formula is C12H9FO2. The van der Waals surface area contributed by atoms with Crippen LogP contribution in [0.2, 0.25) is 0 Å². The van der Waals surface area contributed by atoms with Crippen molar-refractivity contribution in [2.24, 2.45) is 0 Å². The highest BCUT2D eigenvalue weighted by Crippen LogP contribution is 2.27. The van der Waals surface area contributed by atoms with E-state index in [0.717, 1.165) is 5.56 Å². The molecule has 2 aromatic rings. The Bertz CT molecular complexity index is 500. The van der Waals surface area contributed by atoms with Gasteiger partial charge >= 0.3 is 0 Å². The normalized spacial score (nSPS) is 10.3. The van der Waals surface area contributed by atoms with Crippen LogP contribution < -0.4 is 0 Å². The summed E-state index contributed by atoms with van der Waals surface area (Å²) in [5.74, 6) is -0.0997. The number of carbonyl (C=O) groups is 1. The van der Waals surface area contributed by atoms with E-state index in [1.165, 1.54) is 18.4 Å². The van der Waals surface area contributed by atoms with Crippen LogP contribution in [0.3, 0.4) is 0 Å². The predicted octanol–water partition coefficient (Wildman–Crippen LogP) is 3.21. The summed E-state index contributed by atoms with van der Waals surface area (Å²) in [6.07, 6.45) is 2.04. The molecule has 1 aromatic carbocycles. The minimum atomic E-state index is -0.325. The van der Waals surface area contributed by atoms with E-state index in [9.17, 15) is 9.18 Å². The summed E-state index contributed by atoms with van der Waals surface area (Å²) in [5, 5.41) is 0. The molecule has 2 nitrogen and oxygen atoms in total. The molecule has 0 unspecified atom stereocenters. The van der Waals surface area contributed by atoms with Gasteiger partial charge in [-0.1, -0.05) is 6.07 Å². The fourth-order valence-corrected chi connectivity index (χ4v) is 1.52. The SMILES string of the molecule is Cc1ccc(F)cc1-c1ccoc1C=O. The molecule has 2 rings (SSSR count). The van der Waals surface area contributed by atoms with Crippen LogP contribution in [0.25, 0.3) is 11.1 Å². The van der Waals surface area contributed by atoms with Crippen LogP contribution in [0.4, 0.5) is 4.39 Å². The first-order chi connectivity index (χ1) is 7.22. The van der Waals surface area contributed by atoms with Crippen molar-refractivity contribution in [1.29, 1.82) is 0 Å². The molecule has 0 aliphatic carbocycles. The van der Waals surface area contributed by atoms with Gasteiger partial charge in [0.1, 0.15) is 5.82 Å². The number of halogens is 1. The van der Waals surface area contributed by atoms with Crippen molar-refractivity contribution in [1.82, 2.24) is 0 Å². The summed E-state index contributed by atoms with van der Waals surface area (Å²) >= 11 is 0. The molecule has 0 bridgehead atoms. The van der Waals surface area contributed by atoms with E-state index >= 15 is 0 Å². The maximum atomic E-state index is 13.1. The van der Waals surface area contributed by atoms with Crippen molar-refractivity contribution < 1.29 is 13.6 Å². The molecule has 0 amide bonds. The summed E-state index contributed by atoms with van der Waals surface area (Å²) in [7, 11) is 0. The molecule has 0 atom stereocenters. The Kier molecular flexibility index (Phi) is 2.37. The Morgan fingerprint density at radius 1 is 1.27 bits per heavy atom. The van der Waals surface area contributed by atoms with E-state index in [4.69, 9.17) is 4.42 Å². The second-order valence-corrected chi connectivity index (χ2v) is 3.28. The summed E-state index contributed by atoms with van der Waals surface area (Å²) in [4.78, 5) is 10.7. The number of hydrogen-bond donors (Lipinski definition) is 0. The first-order valence-corrected chi connectivity index (χ1v) is 4.51. The van der Waals surface area contributed by atoms with Gasteiger partial charge in [0.2, 0.25) is 0 Å². The highest BCUT2D eigenvalue weighted by Gasteiger charge is 2.10. The lowest BCUT2D eigenvalue weighted by Crippen LogP contribution is -1.87. The van der Waals surface area contributed by atoms with Crippen LogP contribution in [0, 0.1) is 12.7 Å². The van der Waals surface area contributed by atoms with E-state index in [-0.39, 0.29) is 11.6 Å². The first kappa shape index (κ1) is 9.65. The largest absolute Gasteiger partial charge is 0.461 e. The fourth-order valence-electron chi connectivity index (χ4n) is 1.52. The quantitative estimate of drug-likeness (QED) is 0.703. The molecule has 0 radical (unpaired) electrons. The molecule has 0 saturated heterocycles. The Hall–Kier alpha value is -1.90. The van der Waals surface area contributed by atoms with Gasteiger partial charge in [-0.3, -0.25) is 4.79 Å². The van der Waals surface area contributed by atoms with Gasteiger partial charge in [0.25, 0.3) is 0 Å². The topological polar surface area (TPSA) is 30.2 Å². The van der Waals surface area contributed by atoms with Gasteiger partial charge in [0.15, 0.2) is 12.0 Å². The molecule has 0 saturated carbocycles. The number of aryl methyl sites for hydroxylation is 1. The van der Waals surface area contributed by atoms with Gasteiger partial charge in [-0.25, -0.2) is 4.39 Å². The van der Waals surface area contributed by atoms with Crippen LogP contribution >= 0.6 is 0 Å². The Morgan fingerprint density at radius 3 is 2.80 bits per heavy atom. The summed E-state index contributed by atoms with van der Waals surface area (Å²) in [6, 6.07) is 6.12. The van der Waals surface area contributed by atoms with E-state index < -0.39 is 0 Å². The second kappa shape index (κ2) is 3.69. The lowest BCUT2D eigenvalue weighted by molar-refractivity contribution is 0.110. The van der Waals surface area contributed by atoms with Crippen LogP contribution in [0.1, 0.15) is 16.1 Å². The third kappa shape index (κ3) is 1.68. The van der Waals surface area contributed by atoms with E-state index in [1.807, 2.05) is 6.92 Å². The van der Waals surface area contributed by atoms with Gasteiger partial charge in [-0.05, 0) is 36.2 Å². The average molecular weight is 204 g/mol. The van der Waals surface area contributed by atoms with Gasteiger partial charge in [0.05, 0.1) is 6.26 Å².